The molecule has 3 heteroatoms. The molecule has 1 aliphatic rings. The van der Waals surface area contributed by atoms with Crippen molar-refractivity contribution in [3.8, 4) is 0 Å². The van der Waals surface area contributed by atoms with Gasteiger partial charge in [0.2, 0.25) is 5.91 Å². The van der Waals surface area contributed by atoms with E-state index >= 15 is 0 Å². The van der Waals surface area contributed by atoms with Gasteiger partial charge in [0.1, 0.15) is 0 Å². The van der Waals surface area contributed by atoms with E-state index in [1.807, 2.05) is 11.0 Å². The summed E-state index contributed by atoms with van der Waals surface area (Å²) in [5.41, 5.74) is 1.24. The second-order valence-electron chi connectivity index (χ2n) is 6.43. The molecule has 0 saturated carbocycles. The molecule has 1 aromatic carbocycles. The summed E-state index contributed by atoms with van der Waals surface area (Å²) in [4.78, 5) is 16.5. The van der Waals surface area contributed by atoms with Crippen LogP contribution in [0.1, 0.15) is 32.3 Å². The van der Waals surface area contributed by atoms with Crippen LogP contribution >= 0.6 is 0 Å². The number of nitrogens with zero attached hydrogens (tertiary/aromatic N) is 2. The molecule has 0 atom stereocenters. The molecule has 2 rings (SSSR count). The Bertz CT molecular complexity index is 473. The first kappa shape index (κ1) is 16.8. The molecule has 1 aromatic rings. The monoisotopic (exact) mass is 300 g/mol. The van der Waals surface area contributed by atoms with E-state index in [4.69, 9.17) is 0 Å². The largest absolute Gasteiger partial charge is 0.340 e. The van der Waals surface area contributed by atoms with Crippen molar-refractivity contribution in [2.24, 2.45) is 5.92 Å². The first-order chi connectivity index (χ1) is 10.6. The van der Waals surface area contributed by atoms with Gasteiger partial charge in [0.15, 0.2) is 0 Å². The van der Waals surface area contributed by atoms with Crippen molar-refractivity contribution in [1.29, 1.82) is 0 Å². The van der Waals surface area contributed by atoms with Crippen molar-refractivity contribution >= 4 is 12.0 Å². The predicted molar refractivity (Wildman–Crippen MR) is 92.6 cm³/mol. The van der Waals surface area contributed by atoms with Gasteiger partial charge in [0.05, 0.1) is 0 Å². The average Bonchev–Trinajstić information content (AvgIpc) is 2.54. The summed E-state index contributed by atoms with van der Waals surface area (Å²) in [5, 5.41) is 0. The summed E-state index contributed by atoms with van der Waals surface area (Å²) in [6.45, 7) is 9.00. The van der Waals surface area contributed by atoms with Gasteiger partial charge < -0.3 is 4.90 Å². The van der Waals surface area contributed by atoms with Crippen LogP contribution in [0.3, 0.4) is 0 Å². The Morgan fingerprint density at radius 3 is 2.45 bits per heavy atom. The van der Waals surface area contributed by atoms with Crippen LogP contribution < -0.4 is 0 Å². The zero-order chi connectivity index (χ0) is 15.8. The number of hydrogen-bond donors (Lipinski definition) is 0. The summed E-state index contributed by atoms with van der Waals surface area (Å²) < 4.78 is 0. The standard InChI is InChI=1S/C19H28N2O/c1-17(2)10-11-19(22)21-15-13-20(14-16-21)12-6-9-18-7-4-3-5-8-18/h3-9,17H,10-16H2,1-2H3/b9-6-. The molecule has 1 saturated heterocycles. The van der Waals surface area contributed by atoms with Crippen LogP contribution in [0.5, 0.6) is 0 Å². The number of benzene rings is 1. The smallest absolute Gasteiger partial charge is 0.222 e. The van der Waals surface area contributed by atoms with Crippen LogP contribution in [0, 0.1) is 5.92 Å². The summed E-state index contributed by atoms with van der Waals surface area (Å²) in [6.07, 6.45) is 6.08. The maximum atomic E-state index is 12.1. The van der Waals surface area contributed by atoms with Crippen molar-refractivity contribution in [2.45, 2.75) is 26.7 Å². The third-order valence-electron chi connectivity index (χ3n) is 4.13. The highest BCUT2D eigenvalue weighted by Crippen LogP contribution is 2.09. The number of hydrogen-bond acceptors (Lipinski definition) is 2. The molecule has 0 spiro atoms. The lowest BCUT2D eigenvalue weighted by molar-refractivity contribution is -0.133. The fraction of sp³-hybridized carbons (Fsp3) is 0.526. The van der Waals surface area contributed by atoms with Gasteiger partial charge in [-0.25, -0.2) is 0 Å². The second kappa shape index (κ2) is 8.74. The van der Waals surface area contributed by atoms with Crippen molar-refractivity contribution in [3.63, 3.8) is 0 Å². The predicted octanol–water partition coefficient (Wildman–Crippen LogP) is 3.28. The van der Waals surface area contributed by atoms with Crippen LogP contribution in [0.15, 0.2) is 36.4 Å². The van der Waals surface area contributed by atoms with Crippen LogP contribution in [0.25, 0.3) is 6.08 Å². The van der Waals surface area contributed by atoms with Crippen LogP contribution in [-0.2, 0) is 4.79 Å². The first-order valence-electron chi connectivity index (χ1n) is 8.37. The normalized spacial score (nSPS) is 16.6. The Hall–Kier alpha value is -1.61. The number of carbonyl (C=O) groups excluding carboxylic acids is 1. The number of amides is 1. The molecule has 0 bridgehead atoms. The van der Waals surface area contributed by atoms with Crippen molar-refractivity contribution in [1.82, 2.24) is 9.80 Å². The van der Waals surface area contributed by atoms with Crippen LogP contribution in [0.4, 0.5) is 0 Å². The molecular formula is C19H28N2O. The second-order valence-corrected chi connectivity index (χ2v) is 6.43. The van der Waals surface area contributed by atoms with Crippen molar-refractivity contribution in [3.05, 3.63) is 42.0 Å². The zero-order valence-corrected chi connectivity index (χ0v) is 13.9. The lowest BCUT2D eigenvalue weighted by Crippen LogP contribution is -2.48. The molecule has 1 fully saturated rings. The molecule has 0 unspecified atom stereocenters. The van der Waals surface area contributed by atoms with E-state index < -0.39 is 0 Å². The third kappa shape index (κ3) is 5.64. The van der Waals surface area contributed by atoms with Crippen molar-refractivity contribution < 1.29 is 4.79 Å². The van der Waals surface area contributed by atoms with Gasteiger partial charge in [-0.15, -0.1) is 0 Å². The minimum atomic E-state index is 0.327. The Balaban J connectivity index is 1.69. The van der Waals surface area contributed by atoms with E-state index in [0.29, 0.717) is 18.2 Å². The van der Waals surface area contributed by atoms with Gasteiger partial charge in [-0.3, -0.25) is 9.69 Å². The van der Waals surface area contributed by atoms with Gasteiger partial charge in [-0.2, -0.15) is 0 Å². The Morgan fingerprint density at radius 2 is 1.82 bits per heavy atom. The molecular weight excluding hydrogens is 272 g/mol. The first-order valence-corrected chi connectivity index (χ1v) is 8.37. The molecule has 120 valence electrons. The van der Waals surface area contributed by atoms with Crippen LogP contribution in [0.2, 0.25) is 0 Å². The molecule has 0 aromatic heterocycles. The molecule has 0 aliphatic carbocycles. The summed E-state index contributed by atoms with van der Waals surface area (Å²) in [7, 11) is 0. The summed E-state index contributed by atoms with van der Waals surface area (Å²) in [6, 6.07) is 10.4. The SMILES string of the molecule is CC(C)CCC(=O)N1CCN(C/C=C\c2ccccc2)CC1. The maximum absolute atomic E-state index is 12.1. The molecule has 3 nitrogen and oxygen atoms in total. The molecule has 1 heterocycles. The minimum Gasteiger partial charge on any atom is -0.340 e. The van der Waals surface area contributed by atoms with Gasteiger partial charge >= 0.3 is 0 Å². The van der Waals surface area contributed by atoms with E-state index in [1.54, 1.807) is 0 Å². The fourth-order valence-corrected chi connectivity index (χ4v) is 2.65. The number of carbonyl (C=O) groups is 1. The van der Waals surface area contributed by atoms with E-state index in [2.05, 4.69) is 55.2 Å². The van der Waals surface area contributed by atoms with E-state index in [9.17, 15) is 4.79 Å². The van der Waals surface area contributed by atoms with Gasteiger partial charge in [-0.05, 0) is 17.9 Å². The van der Waals surface area contributed by atoms with Crippen LogP contribution in [-0.4, -0.2) is 48.4 Å². The summed E-state index contributed by atoms with van der Waals surface area (Å²) in [5.74, 6) is 0.932. The number of piperazine rings is 1. The van der Waals surface area contributed by atoms with E-state index in [1.165, 1.54) is 5.56 Å². The molecule has 22 heavy (non-hydrogen) atoms. The average molecular weight is 300 g/mol. The minimum absolute atomic E-state index is 0.327. The van der Waals surface area contributed by atoms with Gasteiger partial charge in [0, 0.05) is 39.1 Å². The Labute approximate surface area is 134 Å². The van der Waals surface area contributed by atoms with E-state index in [0.717, 1.165) is 39.1 Å². The van der Waals surface area contributed by atoms with Crippen molar-refractivity contribution in [2.75, 3.05) is 32.7 Å². The lowest BCUT2D eigenvalue weighted by atomic mass is 10.1. The molecule has 1 aliphatic heterocycles. The Kier molecular flexibility index (Phi) is 6.66. The molecule has 1 amide bonds. The topological polar surface area (TPSA) is 23.6 Å². The fourth-order valence-electron chi connectivity index (χ4n) is 2.65. The molecule has 0 N–H and O–H groups in total. The lowest BCUT2D eigenvalue weighted by Gasteiger charge is -2.34. The number of rotatable bonds is 6. The highest BCUT2D eigenvalue weighted by Gasteiger charge is 2.20. The highest BCUT2D eigenvalue weighted by atomic mass is 16.2. The quantitative estimate of drug-likeness (QED) is 0.805. The summed E-state index contributed by atoms with van der Waals surface area (Å²) >= 11 is 0. The van der Waals surface area contributed by atoms with Gasteiger partial charge in [-0.1, -0.05) is 56.3 Å². The maximum Gasteiger partial charge on any atom is 0.222 e. The van der Waals surface area contributed by atoms with Gasteiger partial charge in [0.25, 0.3) is 0 Å². The van der Waals surface area contributed by atoms with E-state index in [-0.39, 0.29) is 0 Å². The highest BCUT2D eigenvalue weighted by molar-refractivity contribution is 5.76. The Morgan fingerprint density at radius 1 is 1.14 bits per heavy atom. The zero-order valence-electron chi connectivity index (χ0n) is 13.9. The third-order valence-corrected chi connectivity index (χ3v) is 4.13. The molecule has 0 radical (unpaired) electrons.